The minimum absolute atomic E-state index is 0.0494. The van der Waals surface area contributed by atoms with Crippen LogP contribution in [0.15, 0.2) is 94.9 Å². The smallest absolute Gasteiger partial charge is 0.266 e. The normalized spacial score (nSPS) is 10.9. The number of methoxy groups -OCH3 is 1. The molecule has 0 saturated carbocycles. The summed E-state index contributed by atoms with van der Waals surface area (Å²) in [6.45, 7) is 1.87. The number of amides is 1. The highest BCUT2D eigenvalue weighted by Gasteiger charge is 2.17. The van der Waals surface area contributed by atoms with E-state index in [2.05, 4.69) is 10.4 Å². The lowest BCUT2D eigenvalue weighted by molar-refractivity contribution is -0.113. The second-order valence-corrected chi connectivity index (χ2v) is 8.95. The minimum atomic E-state index is -0.239. The Hall–Kier alpha value is -4.37. The molecular formula is C27H23N5O3S. The molecule has 0 aliphatic rings. The van der Waals surface area contributed by atoms with Gasteiger partial charge in [-0.2, -0.15) is 5.10 Å². The number of hydrogen-bond acceptors (Lipinski definition) is 6. The van der Waals surface area contributed by atoms with Gasteiger partial charge in [0.1, 0.15) is 11.6 Å². The van der Waals surface area contributed by atoms with Crippen LogP contribution >= 0.6 is 11.8 Å². The number of nitrogens with one attached hydrogen (secondary N) is 1. The third-order valence-electron chi connectivity index (χ3n) is 5.49. The first-order valence-corrected chi connectivity index (χ1v) is 12.2. The molecule has 1 amide bonds. The maximum absolute atomic E-state index is 13.4. The molecule has 0 spiro atoms. The molecule has 2 aromatic heterocycles. The number of rotatable bonds is 7. The van der Waals surface area contributed by atoms with Gasteiger partial charge in [0.25, 0.3) is 5.56 Å². The summed E-state index contributed by atoms with van der Waals surface area (Å²) in [4.78, 5) is 31.1. The largest absolute Gasteiger partial charge is 0.497 e. The molecule has 1 N–H and O–H groups in total. The summed E-state index contributed by atoms with van der Waals surface area (Å²) in [5.74, 6) is 0.997. The Morgan fingerprint density at radius 2 is 1.72 bits per heavy atom. The van der Waals surface area contributed by atoms with Gasteiger partial charge in [0.05, 0.1) is 40.8 Å². The van der Waals surface area contributed by atoms with Gasteiger partial charge in [-0.05, 0) is 43.3 Å². The SMILES string of the molecule is COc1cccc(-n2c(SCC(=O)Nc3cc(C)nn3-c3ccccc3)nc3ccccc3c2=O)c1. The first-order chi connectivity index (χ1) is 17.5. The number of ether oxygens (including phenoxy) is 1. The van der Waals surface area contributed by atoms with Gasteiger partial charge in [-0.1, -0.05) is 48.2 Å². The van der Waals surface area contributed by atoms with Crippen molar-refractivity contribution in [1.82, 2.24) is 19.3 Å². The standard InChI is InChI=1S/C27H23N5O3S/c1-18-15-24(32(30-18)19-9-4-3-5-10-19)29-25(33)17-36-27-28-23-14-7-6-13-22(23)26(34)31(27)20-11-8-12-21(16-20)35-2/h3-16H,17H2,1-2H3,(H,29,33). The van der Waals surface area contributed by atoms with Crippen molar-refractivity contribution in [3.63, 3.8) is 0 Å². The Bertz CT molecular complexity index is 1610. The number of carbonyl (C=O) groups is 1. The second kappa shape index (κ2) is 10.1. The molecule has 9 heteroatoms. The van der Waals surface area contributed by atoms with Crippen LogP contribution in [-0.4, -0.2) is 38.1 Å². The summed E-state index contributed by atoms with van der Waals surface area (Å²) in [5, 5.41) is 8.34. The zero-order chi connectivity index (χ0) is 25.1. The maximum atomic E-state index is 13.4. The Morgan fingerprint density at radius 1 is 0.972 bits per heavy atom. The third kappa shape index (κ3) is 4.73. The van der Waals surface area contributed by atoms with Crippen LogP contribution in [0.25, 0.3) is 22.3 Å². The molecule has 0 saturated heterocycles. The number of benzene rings is 3. The van der Waals surface area contributed by atoms with Crippen molar-refractivity contribution in [1.29, 1.82) is 0 Å². The number of thioether (sulfide) groups is 1. The summed E-state index contributed by atoms with van der Waals surface area (Å²) in [5.41, 5.74) is 2.59. The molecule has 0 radical (unpaired) electrons. The van der Waals surface area contributed by atoms with E-state index in [0.29, 0.717) is 33.3 Å². The van der Waals surface area contributed by atoms with Crippen LogP contribution < -0.4 is 15.6 Å². The van der Waals surface area contributed by atoms with Crippen LogP contribution in [0.4, 0.5) is 5.82 Å². The van der Waals surface area contributed by atoms with Gasteiger partial charge in [-0.25, -0.2) is 9.67 Å². The van der Waals surface area contributed by atoms with Gasteiger partial charge >= 0.3 is 0 Å². The monoisotopic (exact) mass is 497 g/mol. The summed E-state index contributed by atoms with van der Waals surface area (Å²) in [7, 11) is 1.57. The van der Waals surface area contributed by atoms with Crippen LogP contribution in [0.2, 0.25) is 0 Å². The summed E-state index contributed by atoms with van der Waals surface area (Å²) < 4.78 is 8.55. The van der Waals surface area contributed by atoms with Crippen LogP contribution in [0, 0.1) is 6.92 Å². The Labute approximate surface area is 211 Å². The number of hydrogen-bond donors (Lipinski definition) is 1. The molecule has 180 valence electrons. The lowest BCUT2D eigenvalue weighted by atomic mass is 10.2. The molecule has 0 bridgehead atoms. The molecule has 2 heterocycles. The summed E-state index contributed by atoms with van der Waals surface area (Å²) in [6, 6.07) is 25.8. The molecule has 0 aliphatic carbocycles. The zero-order valence-corrected chi connectivity index (χ0v) is 20.5. The number of carbonyl (C=O) groups excluding carboxylic acids is 1. The van der Waals surface area contributed by atoms with Crippen molar-refractivity contribution in [2.45, 2.75) is 12.1 Å². The average molecular weight is 498 g/mol. The minimum Gasteiger partial charge on any atom is -0.497 e. The molecule has 8 nitrogen and oxygen atoms in total. The number of para-hydroxylation sites is 2. The first kappa shape index (κ1) is 23.4. The second-order valence-electron chi connectivity index (χ2n) is 8.01. The molecule has 3 aromatic carbocycles. The van der Waals surface area contributed by atoms with E-state index in [4.69, 9.17) is 9.72 Å². The number of aromatic nitrogens is 4. The fourth-order valence-corrected chi connectivity index (χ4v) is 4.66. The van der Waals surface area contributed by atoms with E-state index in [1.807, 2.05) is 61.5 Å². The predicted octanol–water partition coefficient (Wildman–Crippen LogP) is 4.62. The Morgan fingerprint density at radius 3 is 2.53 bits per heavy atom. The molecule has 5 rings (SSSR count). The van der Waals surface area contributed by atoms with E-state index in [1.54, 1.807) is 42.1 Å². The van der Waals surface area contributed by atoms with Gasteiger partial charge in [0.2, 0.25) is 5.91 Å². The molecule has 36 heavy (non-hydrogen) atoms. The fraction of sp³-hybridized carbons (Fsp3) is 0.111. The van der Waals surface area contributed by atoms with E-state index in [0.717, 1.165) is 11.4 Å². The number of anilines is 1. The van der Waals surface area contributed by atoms with Crippen LogP contribution in [0.5, 0.6) is 5.75 Å². The molecule has 0 aliphatic heterocycles. The van der Waals surface area contributed by atoms with Crippen LogP contribution in [-0.2, 0) is 4.79 Å². The molecule has 0 fully saturated rings. The highest BCUT2D eigenvalue weighted by atomic mass is 32.2. The van der Waals surface area contributed by atoms with E-state index >= 15 is 0 Å². The van der Waals surface area contributed by atoms with Crippen molar-refractivity contribution in [2.75, 3.05) is 18.2 Å². The van der Waals surface area contributed by atoms with Crippen molar-refractivity contribution < 1.29 is 9.53 Å². The zero-order valence-electron chi connectivity index (χ0n) is 19.7. The van der Waals surface area contributed by atoms with Gasteiger partial charge < -0.3 is 10.1 Å². The van der Waals surface area contributed by atoms with Crippen molar-refractivity contribution in [3.8, 4) is 17.1 Å². The van der Waals surface area contributed by atoms with Gasteiger partial charge in [0, 0.05) is 12.1 Å². The maximum Gasteiger partial charge on any atom is 0.266 e. The summed E-state index contributed by atoms with van der Waals surface area (Å²) >= 11 is 1.19. The first-order valence-electron chi connectivity index (χ1n) is 11.2. The van der Waals surface area contributed by atoms with Crippen LogP contribution in [0.1, 0.15) is 5.69 Å². The van der Waals surface area contributed by atoms with E-state index in [1.165, 1.54) is 16.3 Å². The van der Waals surface area contributed by atoms with Crippen molar-refractivity contribution >= 4 is 34.4 Å². The topological polar surface area (TPSA) is 91.0 Å². The van der Waals surface area contributed by atoms with Crippen molar-refractivity contribution in [3.05, 3.63) is 101 Å². The summed E-state index contributed by atoms with van der Waals surface area (Å²) in [6.07, 6.45) is 0. The predicted molar refractivity (Wildman–Crippen MR) is 142 cm³/mol. The highest BCUT2D eigenvalue weighted by Crippen LogP contribution is 2.24. The van der Waals surface area contributed by atoms with Crippen molar-refractivity contribution in [2.24, 2.45) is 0 Å². The third-order valence-corrected chi connectivity index (χ3v) is 6.43. The van der Waals surface area contributed by atoms with Gasteiger partial charge in [-0.3, -0.25) is 14.2 Å². The Balaban J connectivity index is 1.45. The number of aryl methyl sites for hydroxylation is 1. The highest BCUT2D eigenvalue weighted by molar-refractivity contribution is 7.99. The lowest BCUT2D eigenvalue weighted by Crippen LogP contribution is -2.23. The van der Waals surface area contributed by atoms with Gasteiger partial charge in [0.15, 0.2) is 5.16 Å². The fourth-order valence-electron chi connectivity index (χ4n) is 3.85. The quantitative estimate of drug-likeness (QED) is 0.261. The molecule has 0 unspecified atom stereocenters. The number of fused-ring (bicyclic) bond motifs is 1. The van der Waals surface area contributed by atoms with E-state index < -0.39 is 0 Å². The van der Waals surface area contributed by atoms with Gasteiger partial charge in [-0.15, -0.1) is 0 Å². The average Bonchev–Trinajstić information content (AvgIpc) is 3.27. The van der Waals surface area contributed by atoms with E-state index in [9.17, 15) is 9.59 Å². The number of nitrogens with zero attached hydrogens (tertiary/aromatic N) is 4. The van der Waals surface area contributed by atoms with Crippen LogP contribution in [0.3, 0.4) is 0 Å². The molecular weight excluding hydrogens is 474 g/mol. The molecule has 0 atom stereocenters. The Kier molecular flexibility index (Phi) is 6.55. The molecule has 5 aromatic rings. The lowest BCUT2D eigenvalue weighted by Gasteiger charge is -2.14. The van der Waals surface area contributed by atoms with E-state index in [-0.39, 0.29) is 17.2 Å².